The number of fused-ring (bicyclic) bond motifs is 1. The summed E-state index contributed by atoms with van der Waals surface area (Å²) in [4.78, 5) is 24.3. The Balaban J connectivity index is 1.54. The standard InChI is InChI=1S/C22H23NO5/c1-2-6-19(15-7-4-3-5-8-15)23-21(25)14-28-22(26)11-16-13-27-20-12-17(24)9-10-18(16)20/h3-5,7-10,12-13,19,24H,2,6,11,14H2,1H3,(H,23,25)/t19-/m0/s1. The van der Waals surface area contributed by atoms with Gasteiger partial charge >= 0.3 is 5.97 Å². The summed E-state index contributed by atoms with van der Waals surface area (Å²) < 4.78 is 10.5. The molecule has 0 radical (unpaired) electrons. The van der Waals surface area contributed by atoms with Crippen LogP contribution in [0.3, 0.4) is 0 Å². The molecule has 0 spiro atoms. The zero-order valence-corrected chi connectivity index (χ0v) is 15.7. The molecule has 3 rings (SSSR count). The molecule has 0 aliphatic heterocycles. The van der Waals surface area contributed by atoms with Gasteiger partial charge in [-0.05, 0) is 24.1 Å². The summed E-state index contributed by atoms with van der Waals surface area (Å²) in [6, 6.07) is 14.3. The lowest BCUT2D eigenvalue weighted by atomic mass is 10.0. The molecule has 6 nitrogen and oxygen atoms in total. The van der Waals surface area contributed by atoms with E-state index < -0.39 is 5.97 Å². The Morgan fingerprint density at radius 2 is 1.96 bits per heavy atom. The average Bonchev–Trinajstić information content (AvgIpc) is 3.08. The van der Waals surface area contributed by atoms with Gasteiger partial charge in [0.1, 0.15) is 11.3 Å². The fraction of sp³-hybridized carbons (Fsp3) is 0.273. The molecular weight excluding hydrogens is 358 g/mol. The molecule has 28 heavy (non-hydrogen) atoms. The van der Waals surface area contributed by atoms with Gasteiger partial charge in [0.2, 0.25) is 0 Å². The largest absolute Gasteiger partial charge is 0.508 e. The molecule has 0 aliphatic carbocycles. The quantitative estimate of drug-likeness (QED) is 0.578. The van der Waals surface area contributed by atoms with E-state index >= 15 is 0 Å². The van der Waals surface area contributed by atoms with E-state index in [0.717, 1.165) is 23.8 Å². The van der Waals surface area contributed by atoms with Gasteiger partial charge in [-0.1, -0.05) is 43.7 Å². The van der Waals surface area contributed by atoms with Gasteiger partial charge < -0.3 is 19.6 Å². The molecule has 1 aromatic heterocycles. The molecule has 1 amide bonds. The van der Waals surface area contributed by atoms with Crippen LogP contribution in [-0.4, -0.2) is 23.6 Å². The molecule has 1 heterocycles. The maximum absolute atomic E-state index is 12.2. The van der Waals surface area contributed by atoms with Crippen molar-refractivity contribution in [1.29, 1.82) is 0 Å². The van der Waals surface area contributed by atoms with E-state index in [-0.39, 0.29) is 30.7 Å². The maximum Gasteiger partial charge on any atom is 0.310 e. The summed E-state index contributed by atoms with van der Waals surface area (Å²) >= 11 is 0. The van der Waals surface area contributed by atoms with Gasteiger partial charge in [0, 0.05) is 17.0 Å². The van der Waals surface area contributed by atoms with Crippen molar-refractivity contribution >= 4 is 22.8 Å². The number of carbonyl (C=O) groups excluding carboxylic acids is 2. The fourth-order valence-electron chi connectivity index (χ4n) is 3.09. The molecule has 0 saturated heterocycles. The SMILES string of the molecule is CCC[C@H](NC(=O)COC(=O)Cc1coc2cc(O)ccc12)c1ccccc1. The third-order valence-electron chi connectivity index (χ3n) is 4.45. The lowest BCUT2D eigenvalue weighted by molar-refractivity contribution is -0.148. The zero-order valence-electron chi connectivity index (χ0n) is 15.7. The summed E-state index contributed by atoms with van der Waals surface area (Å²) in [7, 11) is 0. The molecule has 6 heteroatoms. The highest BCUT2D eigenvalue weighted by Gasteiger charge is 2.16. The van der Waals surface area contributed by atoms with Gasteiger partial charge in [-0.25, -0.2) is 0 Å². The van der Waals surface area contributed by atoms with Crippen molar-refractivity contribution in [2.45, 2.75) is 32.2 Å². The van der Waals surface area contributed by atoms with Crippen LogP contribution in [-0.2, 0) is 20.7 Å². The van der Waals surface area contributed by atoms with Crippen LogP contribution in [0, 0.1) is 0 Å². The predicted octanol–water partition coefficient (Wildman–Crippen LogP) is 3.88. The third-order valence-corrected chi connectivity index (χ3v) is 4.45. The van der Waals surface area contributed by atoms with Crippen molar-refractivity contribution in [3.05, 3.63) is 65.9 Å². The van der Waals surface area contributed by atoms with Crippen LogP contribution >= 0.6 is 0 Å². The Hall–Kier alpha value is -3.28. The minimum atomic E-state index is -0.516. The fourth-order valence-corrected chi connectivity index (χ4v) is 3.09. The summed E-state index contributed by atoms with van der Waals surface area (Å²) in [5.41, 5.74) is 2.16. The number of esters is 1. The van der Waals surface area contributed by atoms with Gasteiger partial charge in [0.15, 0.2) is 6.61 Å². The van der Waals surface area contributed by atoms with Crippen LogP contribution in [0.5, 0.6) is 5.75 Å². The molecule has 146 valence electrons. The Kier molecular flexibility index (Phi) is 6.32. The van der Waals surface area contributed by atoms with E-state index in [1.165, 1.54) is 18.4 Å². The maximum atomic E-state index is 12.2. The molecule has 0 bridgehead atoms. The summed E-state index contributed by atoms with van der Waals surface area (Å²) in [6.45, 7) is 1.72. The highest BCUT2D eigenvalue weighted by molar-refractivity contribution is 5.87. The topological polar surface area (TPSA) is 88.8 Å². The number of phenols is 1. The molecule has 2 N–H and O–H groups in total. The highest BCUT2D eigenvalue weighted by atomic mass is 16.5. The first-order valence-corrected chi connectivity index (χ1v) is 9.26. The number of aromatic hydroxyl groups is 1. The van der Waals surface area contributed by atoms with Crippen LogP contribution in [0.2, 0.25) is 0 Å². The second kappa shape index (κ2) is 9.08. The van der Waals surface area contributed by atoms with E-state index in [4.69, 9.17) is 9.15 Å². The smallest absolute Gasteiger partial charge is 0.310 e. The van der Waals surface area contributed by atoms with Gasteiger partial charge in [-0.2, -0.15) is 0 Å². The monoisotopic (exact) mass is 381 g/mol. The Labute approximate surface area is 163 Å². The molecule has 0 aliphatic rings. The first kappa shape index (κ1) is 19.5. The first-order valence-electron chi connectivity index (χ1n) is 9.26. The predicted molar refractivity (Wildman–Crippen MR) is 105 cm³/mol. The van der Waals surface area contributed by atoms with Crippen LogP contribution in [0.15, 0.2) is 59.2 Å². The number of furan rings is 1. The molecule has 0 saturated carbocycles. The van der Waals surface area contributed by atoms with Crippen molar-refractivity contribution < 1.29 is 23.8 Å². The lowest BCUT2D eigenvalue weighted by Gasteiger charge is -2.18. The third kappa shape index (κ3) is 4.91. The van der Waals surface area contributed by atoms with Gasteiger partial charge in [-0.3, -0.25) is 9.59 Å². The first-order chi connectivity index (χ1) is 13.6. The highest BCUT2D eigenvalue weighted by Crippen LogP contribution is 2.25. The number of ether oxygens (including phenoxy) is 1. The molecular formula is C22H23NO5. The van der Waals surface area contributed by atoms with E-state index in [2.05, 4.69) is 12.2 Å². The van der Waals surface area contributed by atoms with Gasteiger partial charge in [-0.15, -0.1) is 0 Å². The Morgan fingerprint density at radius 1 is 1.18 bits per heavy atom. The summed E-state index contributed by atoms with van der Waals surface area (Å²) in [6.07, 6.45) is 3.17. The van der Waals surface area contributed by atoms with E-state index in [0.29, 0.717) is 11.1 Å². The normalized spacial score (nSPS) is 11.9. The van der Waals surface area contributed by atoms with Crippen LogP contribution < -0.4 is 5.32 Å². The molecule has 1 atom stereocenters. The molecule has 0 fully saturated rings. The van der Waals surface area contributed by atoms with E-state index in [1.807, 2.05) is 30.3 Å². The number of rotatable bonds is 8. The van der Waals surface area contributed by atoms with Crippen LogP contribution in [0.4, 0.5) is 0 Å². The number of benzene rings is 2. The van der Waals surface area contributed by atoms with Crippen molar-refractivity contribution in [3.63, 3.8) is 0 Å². The number of nitrogens with one attached hydrogen (secondary N) is 1. The number of hydrogen-bond acceptors (Lipinski definition) is 5. The summed E-state index contributed by atoms with van der Waals surface area (Å²) in [5, 5.41) is 13.1. The average molecular weight is 381 g/mol. The van der Waals surface area contributed by atoms with Crippen LogP contribution in [0.25, 0.3) is 11.0 Å². The molecule has 3 aromatic rings. The van der Waals surface area contributed by atoms with E-state index in [1.54, 1.807) is 6.07 Å². The lowest BCUT2D eigenvalue weighted by Crippen LogP contribution is -2.32. The number of amides is 1. The number of hydrogen-bond donors (Lipinski definition) is 2. The minimum Gasteiger partial charge on any atom is -0.508 e. The molecule has 0 unspecified atom stereocenters. The number of carbonyl (C=O) groups is 2. The van der Waals surface area contributed by atoms with Gasteiger partial charge in [0.05, 0.1) is 18.7 Å². The number of phenolic OH excluding ortho intramolecular Hbond substituents is 1. The van der Waals surface area contributed by atoms with Crippen molar-refractivity contribution in [2.24, 2.45) is 0 Å². The Morgan fingerprint density at radius 3 is 2.71 bits per heavy atom. The van der Waals surface area contributed by atoms with Crippen LogP contribution in [0.1, 0.15) is 36.9 Å². The minimum absolute atomic E-state index is 0.0118. The van der Waals surface area contributed by atoms with Crippen molar-refractivity contribution in [3.8, 4) is 5.75 Å². The Bertz CT molecular complexity index is 948. The van der Waals surface area contributed by atoms with Crippen molar-refractivity contribution in [2.75, 3.05) is 6.61 Å². The van der Waals surface area contributed by atoms with Crippen molar-refractivity contribution in [1.82, 2.24) is 5.32 Å². The van der Waals surface area contributed by atoms with E-state index in [9.17, 15) is 14.7 Å². The summed E-state index contributed by atoms with van der Waals surface area (Å²) in [5.74, 6) is -0.761. The molecule has 2 aromatic carbocycles. The zero-order chi connectivity index (χ0) is 19.9. The second-order valence-electron chi connectivity index (χ2n) is 6.60. The second-order valence-corrected chi connectivity index (χ2v) is 6.60. The van der Waals surface area contributed by atoms with Gasteiger partial charge in [0.25, 0.3) is 5.91 Å².